The van der Waals surface area contributed by atoms with Crippen molar-refractivity contribution in [2.45, 2.75) is 65.6 Å². The predicted molar refractivity (Wildman–Crippen MR) is 226 cm³/mol. The maximum absolute atomic E-state index is 6.84. The van der Waals surface area contributed by atoms with Gasteiger partial charge in [0.2, 0.25) is 0 Å². The Hall–Kier alpha value is -4.52. The maximum atomic E-state index is 6.84. The zero-order chi connectivity index (χ0) is 37.3. The summed E-state index contributed by atoms with van der Waals surface area (Å²) in [7, 11) is 0. The molecule has 4 nitrogen and oxygen atoms in total. The number of fused-ring (bicyclic) bond motifs is 8. The molecule has 54 heavy (non-hydrogen) atoms. The van der Waals surface area contributed by atoms with Gasteiger partial charge < -0.3 is 18.9 Å². The van der Waals surface area contributed by atoms with Gasteiger partial charge in [0.05, 0.1) is 13.2 Å². The molecule has 7 rings (SSSR count). The Morgan fingerprint density at radius 1 is 0.389 bits per heavy atom. The molecule has 0 unspecified atom stereocenters. The number of halogens is 2. The summed E-state index contributed by atoms with van der Waals surface area (Å²) < 4.78 is 29.1. The Bertz CT molecular complexity index is 1930. The lowest BCUT2D eigenvalue weighted by atomic mass is 9.91. The number of para-hydroxylation sites is 2. The van der Waals surface area contributed by atoms with E-state index >= 15 is 0 Å². The highest BCUT2D eigenvalue weighted by Gasteiger charge is 2.23. The summed E-state index contributed by atoms with van der Waals surface area (Å²) in [6.07, 6.45) is 4.39. The summed E-state index contributed by atoms with van der Waals surface area (Å²) in [6, 6.07) is 42.6. The third-order valence-electron chi connectivity index (χ3n) is 9.65. The SMILES string of the molecule is CCCOc1c2cc(Br)cc1Cc1cccc(c1OCc1ccccc1)Cc1cc(Br)cc(c1OCCC)Cc1cccc(c1OCc1ccccc1)C2. The zero-order valence-electron chi connectivity index (χ0n) is 31.0. The summed E-state index contributed by atoms with van der Waals surface area (Å²) in [5, 5.41) is 0. The molecule has 0 aliphatic heterocycles. The predicted octanol–water partition coefficient (Wildman–Crippen LogP) is 12.6. The number of hydrogen-bond acceptors (Lipinski definition) is 4. The van der Waals surface area contributed by atoms with Crippen molar-refractivity contribution < 1.29 is 18.9 Å². The van der Waals surface area contributed by atoms with E-state index in [0.29, 0.717) is 52.1 Å². The van der Waals surface area contributed by atoms with E-state index in [4.69, 9.17) is 18.9 Å². The average Bonchev–Trinajstić information content (AvgIpc) is 3.17. The number of hydrogen-bond donors (Lipinski definition) is 0. The normalized spacial score (nSPS) is 12.2. The van der Waals surface area contributed by atoms with Crippen molar-refractivity contribution in [1.29, 1.82) is 0 Å². The molecule has 0 radical (unpaired) electrons. The largest absolute Gasteiger partial charge is 0.493 e. The molecule has 0 saturated carbocycles. The molecular weight excluding hydrogens is 800 g/mol. The van der Waals surface area contributed by atoms with Crippen LogP contribution in [0, 0.1) is 0 Å². The number of benzene rings is 6. The van der Waals surface area contributed by atoms with Gasteiger partial charge in [0.25, 0.3) is 0 Å². The Labute approximate surface area is 336 Å². The van der Waals surface area contributed by atoms with E-state index in [0.717, 1.165) is 100 Å². The minimum Gasteiger partial charge on any atom is -0.493 e. The van der Waals surface area contributed by atoms with Crippen LogP contribution in [0.4, 0.5) is 0 Å². The quantitative estimate of drug-likeness (QED) is 0.123. The first-order valence-electron chi connectivity index (χ1n) is 18.9. The molecule has 0 heterocycles. The van der Waals surface area contributed by atoms with Crippen LogP contribution in [0.15, 0.2) is 130 Å². The summed E-state index contributed by atoms with van der Waals surface area (Å²) in [4.78, 5) is 0. The molecule has 1 aliphatic carbocycles. The minimum absolute atomic E-state index is 0.469. The van der Waals surface area contributed by atoms with Crippen LogP contribution < -0.4 is 18.9 Å². The van der Waals surface area contributed by atoms with E-state index in [1.807, 2.05) is 12.1 Å². The van der Waals surface area contributed by atoms with Crippen LogP contribution in [0.1, 0.15) is 82.3 Å². The van der Waals surface area contributed by atoms with E-state index in [9.17, 15) is 0 Å². The van der Waals surface area contributed by atoms with Crippen LogP contribution in [0.2, 0.25) is 0 Å². The van der Waals surface area contributed by atoms with Gasteiger partial charge in [0.15, 0.2) is 0 Å². The van der Waals surface area contributed by atoms with Gasteiger partial charge in [-0.05, 0) is 70.5 Å². The van der Waals surface area contributed by atoms with E-state index < -0.39 is 0 Å². The van der Waals surface area contributed by atoms with E-state index in [1.54, 1.807) is 0 Å². The second-order valence-corrected chi connectivity index (χ2v) is 15.7. The van der Waals surface area contributed by atoms with Gasteiger partial charge >= 0.3 is 0 Å². The monoisotopic (exact) mass is 844 g/mol. The molecule has 1 aliphatic rings. The van der Waals surface area contributed by atoms with Crippen molar-refractivity contribution in [3.63, 3.8) is 0 Å². The number of rotatable bonds is 12. The molecule has 0 atom stereocenters. The molecule has 6 aromatic rings. The molecule has 0 fully saturated rings. The third-order valence-corrected chi connectivity index (χ3v) is 10.6. The van der Waals surface area contributed by atoms with E-state index in [2.05, 4.69) is 155 Å². The summed E-state index contributed by atoms with van der Waals surface area (Å²) in [5.74, 6) is 3.66. The van der Waals surface area contributed by atoms with Crippen molar-refractivity contribution in [1.82, 2.24) is 0 Å². The van der Waals surface area contributed by atoms with Gasteiger partial charge in [0.1, 0.15) is 36.2 Å². The molecule has 6 heteroatoms. The average molecular weight is 847 g/mol. The maximum Gasteiger partial charge on any atom is 0.126 e. The molecule has 0 N–H and O–H groups in total. The van der Waals surface area contributed by atoms with Crippen LogP contribution in [-0.4, -0.2) is 13.2 Å². The first-order chi connectivity index (χ1) is 26.5. The summed E-state index contributed by atoms with van der Waals surface area (Å²) in [6.45, 7) is 6.50. The molecule has 0 amide bonds. The van der Waals surface area contributed by atoms with Gasteiger partial charge in [-0.15, -0.1) is 0 Å². The van der Waals surface area contributed by atoms with Crippen LogP contribution >= 0.6 is 31.9 Å². The van der Waals surface area contributed by atoms with Gasteiger partial charge in [0, 0.05) is 56.9 Å². The highest BCUT2D eigenvalue weighted by molar-refractivity contribution is 9.10. The van der Waals surface area contributed by atoms with Gasteiger partial charge in [-0.1, -0.05) is 143 Å². The Morgan fingerprint density at radius 2 is 0.704 bits per heavy atom. The standard InChI is InChI=1S/C48H46Br2O4/c1-3-21-51-47-39-23-35-17-11-19-37(45(35)53-31-33-13-7-5-8-14-33)25-41-29-44(50)30-42(48(41)52-22-4-2)26-38-20-12-18-36(24-40(47)28-43(49)27-39)46(38)54-32-34-15-9-6-10-16-34/h5-20,27-30H,3-4,21-26,31-32H2,1-2H3. The lowest BCUT2D eigenvalue weighted by molar-refractivity contribution is 0.297. The first kappa shape index (κ1) is 37.8. The molecule has 8 bridgehead atoms. The summed E-state index contributed by atoms with van der Waals surface area (Å²) >= 11 is 7.77. The van der Waals surface area contributed by atoms with Gasteiger partial charge in [-0.2, -0.15) is 0 Å². The molecule has 0 saturated heterocycles. The highest BCUT2D eigenvalue weighted by atomic mass is 79.9. The fourth-order valence-electron chi connectivity index (χ4n) is 7.21. The Kier molecular flexibility index (Phi) is 12.7. The van der Waals surface area contributed by atoms with E-state index in [-0.39, 0.29) is 0 Å². The second kappa shape index (κ2) is 18.2. The molecule has 6 aromatic carbocycles. The topological polar surface area (TPSA) is 36.9 Å². The lowest BCUT2D eigenvalue weighted by Crippen LogP contribution is -2.10. The van der Waals surface area contributed by atoms with Crippen molar-refractivity contribution in [3.05, 3.63) is 186 Å². The van der Waals surface area contributed by atoms with Crippen molar-refractivity contribution in [2.24, 2.45) is 0 Å². The summed E-state index contributed by atoms with van der Waals surface area (Å²) in [5.41, 5.74) is 11.1. The molecule has 0 spiro atoms. The van der Waals surface area contributed by atoms with Crippen LogP contribution in [0.25, 0.3) is 0 Å². The molecular formula is C48H46Br2O4. The van der Waals surface area contributed by atoms with Crippen LogP contribution in [-0.2, 0) is 38.9 Å². The fraction of sp³-hybridized carbons (Fsp3) is 0.250. The molecule has 276 valence electrons. The van der Waals surface area contributed by atoms with Crippen LogP contribution in [0.3, 0.4) is 0 Å². The smallest absolute Gasteiger partial charge is 0.126 e. The van der Waals surface area contributed by atoms with E-state index in [1.165, 1.54) is 0 Å². The highest BCUT2D eigenvalue weighted by Crippen LogP contribution is 2.41. The lowest BCUT2D eigenvalue weighted by Gasteiger charge is -2.23. The Morgan fingerprint density at radius 3 is 1.02 bits per heavy atom. The minimum atomic E-state index is 0.469. The van der Waals surface area contributed by atoms with Gasteiger partial charge in [-0.25, -0.2) is 0 Å². The fourth-order valence-corrected chi connectivity index (χ4v) is 8.32. The van der Waals surface area contributed by atoms with Crippen molar-refractivity contribution in [3.8, 4) is 23.0 Å². The first-order valence-corrected chi connectivity index (χ1v) is 20.5. The van der Waals surface area contributed by atoms with Crippen molar-refractivity contribution in [2.75, 3.05) is 13.2 Å². The third kappa shape index (κ3) is 9.22. The number of ether oxygens (including phenoxy) is 4. The second-order valence-electron chi connectivity index (χ2n) is 13.9. The van der Waals surface area contributed by atoms with Gasteiger partial charge in [-0.3, -0.25) is 0 Å². The molecule has 0 aromatic heterocycles. The Balaban J connectivity index is 1.43. The van der Waals surface area contributed by atoms with Crippen molar-refractivity contribution >= 4 is 31.9 Å². The zero-order valence-corrected chi connectivity index (χ0v) is 34.2. The van der Waals surface area contributed by atoms with Crippen LogP contribution in [0.5, 0.6) is 23.0 Å².